The molecule has 6 heteroatoms. The van der Waals surface area contributed by atoms with E-state index in [0.717, 1.165) is 6.08 Å². The molecule has 0 aliphatic heterocycles. The molecule has 1 rings (SSSR count). The molecule has 0 unspecified atom stereocenters. The number of carboxylic acids is 1. The molecule has 0 saturated heterocycles. The fourth-order valence-corrected chi connectivity index (χ4v) is 1.59. The van der Waals surface area contributed by atoms with Crippen molar-refractivity contribution in [1.82, 2.24) is 4.90 Å². The third-order valence-corrected chi connectivity index (χ3v) is 2.68. The highest BCUT2D eigenvalue weighted by atomic mass is 19.1. The van der Waals surface area contributed by atoms with Crippen molar-refractivity contribution in [2.75, 3.05) is 20.7 Å². The number of carboxylic acid groups (broad SMARTS) is 1. The SMILES string of the molecule is CN(C)C(=O)CCCOc1c(F)cccc1/C=C/C(=O)O. The Morgan fingerprint density at radius 1 is 1.38 bits per heavy atom. The third kappa shape index (κ3) is 5.64. The fourth-order valence-electron chi connectivity index (χ4n) is 1.59. The van der Waals surface area contributed by atoms with Crippen molar-refractivity contribution in [1.29, 1.82) is 0 Å². The van der Waals surface area contributed by atoms with Crippen LogP contribution < -0.4 is 4.74 Å². The van der Waals surface area contributed by atoms with Crippen molar-refractivity contribution in [2.45, 2.75) is 12.8 Å². The number of para-hydroxylation sites is 1. The zero-order valence-electron chi connectivity index (χ0n) is 12.0. The topological polar surface area (TPSA) is 66.8 Å². The summed E-state index contributed by atoms with van der Waals surface area (Å²) in [6.45, 7) is 0.175. The lowest BCUT2D eigenvalue weighted by molar-refractivity contribution is -0.131. The van der Waals surface area contributed by atoms with Gasteiger partial charge in [0, 0.05) is 32.2 Å². The van der Waals surface area contributed by atoms with Crippen molar-refractivity contribution in [2.24, 2.45) is 0 Å². The maximum atomic E-state index is 13.7. The van der Waals surface area contributed by atoms with E-state index in [1.807, 2.05) is 0 Å². The predicted octanol–water partition coefficient (Wildman–Crippen LogP) is 2.17. The summed E-state index contributed by atoms with van der Waals surface area (Å²) < 4.78 is 19.0. The van der Waals surface area contributed by atoms with Crippen molar-refractivity contribution in [3.8, 4) is 5.75 Å². The second kappa shape index (κ2) is 8.04. The van der Waals surface area contributed by atoms with Gasteiger partial charge in [-0.05, 0) is 18.6 Å². The average molecular weight is 295 g/mol. The first kappa shape index (κ1) is 16.7. The number of rotatable bonds is 7. The van der Waals surface area contributed by atoms with Crippen LogP contribution in [-0.4, -0.2) is 42.6 Å². The number of halogens is 1. The molecular formula is C15H18FNO4. The first-order chi connectivity index (χ1) is 9.91. The number of carbonyl (C=O) groups excluding carboxylic acids is 1. The Hall–Kier alpha value is -2.37. The van der Waals surface area contributed by atoms with Gasteiger partial charge in [-0.3, -0.25) is 4.79 Å². The molecule has 0 aromatic heterocycles. The van der Waals surface area contributed by atoms with E-state index >= 15 is 0 Å². The minimum absolute atomic E-state index is 0.00713. The first-order valence-electron chi connectivity index (χ1n) is 6.44. The van der Waals surface area contributed by atoms with Gasteiger partial charge in [-0.25, -0.2) is 9.18 Å². The van der Waals surface area contributed by atoms with Crippen molar-refractivity contribution >= 4 is 18.0 Å². The van der Waals surface area contributed by atoms with Gasteiger partial charge in [-0.2, -0.15) is 0 Å². The molecular weight excluding hydrogens is 277 g/mol. The van der Waals surface area contributed by atoms with E-state index in [0.29, 0.717) is 18.4 Å². The van der Waals surface area contributed by atoms with Gasteiger partial charge in [0.2, 0.25) is 5.91 Å². The molecule has 21 heavy (non-hydrogen) atoms. The molecule has 0 fully saturated rings. The van der Waals surface area contributed by atoms with Crippen molar-refractivity contribution in [3.05, 3.63) is 35.7 Å². The monoisotopic (exact) mass is 295 g/mol. The zero-order valence-corrected chi connectivity index (χ0v) is 12.0. The van der Waals surface area contributed by atoms with Crippen LogP contribution in [0.5, 0.6) is 5.75 Å². The molecule has 0 atom stereocenters. The summed E-state index contributed by atoms with van der Waals surface area (Å²) in [6, 6.07) is 4.26. The van der Waals surface area contributed by atoms with Crippen LogP contribution in [0.2, 0.25) is 0 Å². The Morgan fingerprint density at radius 2 is 2.10 bits per heavy atom. The van der Waals surface area contributed by atoms with Crippen LogP contribution in [0.1, 0.15) is 18.4 Å². The second-order valence-corrected chi connectivity index (χ2v) is 4.57. The van der Waals surface area contributed by atoms with Gasteiger partial charge in [-0.15, -0.1) is 0 Å². The molecule has 0 heterocycles. The summed E-state index contributed by atoms with van der Waals surface area (Å²) in [4.78, 5) is 23.4. The van der Waals surface area contributed by atoms with Crippen molar-refractivity contribution < 1.29 is 23.8 Å². The van der Waals surface area contributed by atoms with Crippen molar-refractivity contribution in [3.63, 3.8) is 0 Å². The summed E-state index contributed by atoms with van der Waals surface area (Å²) >= 11 is 0. The molecule has 0 radical (unpaired) electrons. The maximum absolute atomic E-state index is 13.7. The van der Waals surface area contributed by atoms with Crippen LogP contribution in [0.15, 0.2) is 24.3 Å². The molecule has 0 spiro atoms. The number of aliphatic carboxylic acids is 1. The van der Waals surface area contributed by atoms with Gasteiger partial charge >= 0.3 is 5.97 Å². The van der Waals surface area contributed by atoms with Crippen LogP contribution in [-0.2, 0) is 9.59 Å². The lowest BCUT2D eigenvalue weighted by Crippen LogP contribution is -2.21. The molecule has 1 aromatic carbocycles. The Kier molecular flexibility index (Phi) is 6.39. The Bertz CT molecular complexity index is 540. The quantitative estimate of drug-likeness (QED) is 0.618. The van der Waals surface area contributed by atoms with Crippen LogP contribution in [0, 0.1) is 5.82 Å². The van der Waals surface area contributed by atoms with Gasteiger partial charge in [0.15, 0.2) is 11.6 Å². The molecule has 114 valence electrons. The number of hydrogen-bond acceptors (Lipinski definition) is 3. The lowest BCUT2D eigenvalue weighted by Gasteiger charge is -2.12. The van der Waals surface area contributed by atoms with E-state index in [9.17, 15) is 14.0 Å². The smallest absolute Gasteiger partial charge is 0.328 e. The van der Waals surface area contributed by atoms with E-state index in [1.54, 1.807) is 20.2 Å². The lowest BCUT2D eigenvalue weighted by atomic mass is 10.1. The second-order valence-electron chi connectivity index (χ2n) is 4.57. The Balaban J connectivity index is 2.65. The van der Waals surface area contributed by atoms with E-state index in [-0.39, 0.29) is 18.3 Å². The molecule has 0 aliphatic carbocycles. The highest BCUT2D eigenvalue weighted by molar-refractivity contribution is 5.85. The molecule has 1 aromatic rings. The van der Waals surface area contributed by atoms with Crippen LogP contribution >= 0.6 is 0 Å². The van der Waals surface area contributed by atoms with Crippen LogP contribution in [0.25, 0.3) is 6.08 Å². The molecule has 1 N–H and O–H groups in total. The summed E-state index contributed by atoms with van der Waals surface area (Å²) in [5.74, 6) is -1.73. The van der Waals surface area contributed by atoms with Gasteiger partial charge in [0.05, 0.1) is 6.61 Å². The largest absolute Gasteiger partial charge is 0.490 e. The minimum atomic E-state index is -1.12. The standard InChI is InChI=1S/C15H18FNO4/c1-17(2)13(18)7-4-10-21-15-11(8-9-14(19)20)5-3-6-12(15)16/h3,5-6,8-9H,4,7,10H2,1-2H3,(H,19,20)/b9-8+. The van der Waals surface area contributed by atoms with Gasteiger partial charge in [-0.1, -0.05) is 12.1 Å². The summed E-state index contributed by atoms with van der Waals surface area (Å²) in [7, 11) is 3.32. The van der Waals surface area contributed by atoms with Gasteiger partial charge in [0.1, 0.15) is 0 Å². The Labute approximate surface area is 122 Å². The molecule has 0 bridgehead atoms. The third-order valence-electron chi connectivity index (χ3n) is 2.68. The average Bonchev–Trinajstić information content (AvgIpc) is 2.42. The van der Waals surface area contributed by atoms with E-state index < -0.39 is 11.8 Å². The summed E-state index contributed by atoms with van der Waals surface area (Å²) in [5.41, 5.74) is 0.344. The number of ether oxygens (including phenoxy) is 1. The first-order valence-corrected chi connectivity index (χ1v) is 6.44. The normalized spacial score (nSPS) is 10.6. The predicted molar refractivity (Wildman–Crippen MR) is 76.5 cm³/mol. The number of benzene rings is 1. The van der Waals surface area contributed by atoms with Crippen LogP contribution in [0.4, 0.5) is 4.39 Å². The summed E-state index contributed by atoms with van der Waals surface area (Å²) in [5, 5.41) is 8.60. The number of nitrogens with zero attached hydrogens (tertiary/aromatic N) is 1. The number of amides is 1. The maximum Gasteiger partial charge on any atom is 0.328 e. The van der Waals surface area contributed by atoms with E-state index in [4.69, 9.17) is 9.84 Å². The molecule has 1 amide bonds. The van der Waals surface area contributed by atoms with E-state index in [1.165, 1.54) is 23.1 Å². The van der Waals surface area contributed by atoms with Gasteiger partial charge in [0.25, 0.3) is 0 Å². The molecule has 5 nitrogen and oxygen atoms in total. The minimum Gasteiger partial charge on any atom is -0.490 e. The molecule has 0 aliphatic rings. The number of hydrogen-bond donors (Lipinski definition) is 1. The van der Waals surface area contributed by atoms with E-state index in [2.05, 4.69) is 0 Å². The molecule has 0 saturated carbocycles. The summed E-state index contributed by atoms with van der Waals surface area (Å²) in [6.07, 6.45) is 2.94. The number of carbonyl (C=O) groups is 2. The van der Waals surface area contributed by atoms with Gasteiger partial charge < -0.3 is 14.7 Å². The fraction of sp³-hybridized carbons (Fsp3) is 0.333. The highest BCUT2D eigenvalue weighted by Gasteiger charge is 2.09. The zero-order chi connectivity index (χ0) is 15.8. The Morgan fingerprint density at radius 3 is 2.71 bits per heavy atom. The van der Waals surface area contributed by atoms with Crippen LogP contribution in [0.3, 0.4) is 0 Å². The highest BCUT2D eigenvalue weighted by Crippen LogP contribution is 2.24.